The summed E-state index contributed by atoms with van der Waals surface area (Å²) in [6, 6.07) is 12.8. The lowest BCUT2D eigenvalue weighted by molar-refractivity contribution is 0.191. The van der Waals surface area contributed by atoms with Crippen LogP contribution in [-0.2, 0) is 6.67 Å². The lowest BCUT2D eigenvalue weighted by atomic mass is 9.85. The molecule has 2 fully saturated rings. The Kier molecular flexibility index (Phi) is 7.48. The molecule has 1 aliphatic carbocycles. The van der Waals surface area contributed by atoms with E-state index < -0.39 is 0 Å². The quantitative estimate of drug-likeness (QED) is 0.411. The third-order valence-corrected chi connectivity index (χ3v) is 7.81. The molecule has 1 saturated heterocycles. The van der Waals surface area contributed by atoms with Crippen LogP contribution in [0.3, 0.4) is 0 Å². The van der Waals surface area contributed by atoms with Gasteiger partial charge < -0.3 is 9.64 Å². The zero-order chi connectivity index (χ0) is 24.2. The van der Waals surface area contributed by atoms with Crippen molar-refractivity contribution in [2.24, 2.45) is 5.92 Å². The van der Waals surface area contributed by atoms with Crippen molar-refractivity contribution < 1.29 is 4.74 Å². The molecular formula is C27H36N6OS. The van der Waals surface area contributed by atoms with Gasteiger partial charge in [-0.2, -0.15) is 5.10 Å². The highest BCUT2D eigenvalue weighted by molar-refractivity contribution is 7.71. The van der Waals surface area contributed by atoms with Crippen LogP contribution >= 0.6 is 12.2 Å². The van der Waals surface area contributed by atoms with Crippen LogP contribution in [0.4, 0.5) is 5.69 Å². The summed E-state index contributed by atoms with van der Waals surface area (Å²) >= 11 is 6.05. The standard InChI is InChI=1S/C27H36N6OS/c1-3-34-25-13-7-6-12-24(25)31-17-15-30(16-18-31)20-32-27(35)33(23-11-5-4-9-21(23)2)26(29-32)22-10-8-14-28-19-22/h6-8,10,12-14,19,21,23H,3-5,9,11,15-18,20H2,1-2H3/t21-,23-/m0/s1. The highest BCUT2D eigenvalue weighted by Crippen LogP contribution is 2.36. The number of nitrogens with zero attached hydrogens (tertiary/aromatic N) is 6. The Morgan fingerprint density at radius 2 is 1.83 bits per heavy atom. The van der Waals surface area contributed by atoms with Crippen molar-refractivity contribution in [3.8, 4) is 17.1 Å². The topological polar surface area (TPSA) is 51.4 Å². The number of anilines is 1. The van der Waals surface area contributed by atoms with Crippen molar-refractivity contribution in [2.75, 3.05) is 37.7 Å². The third kappa shape index (κ3) is 5.14. The van der Waals surface area contributed by atoms with Gasteiger partial charge in [0, 0.05) is 50.2 Å². The molecule has 0 radical (unpaired) electrons. The van der Waals surface area contributed by atoms with Crippen LogP contribution < -0.4 is 9.64 Å². The van der Waals surface area contributed by atoms with Crippen molar-refractivity contribution in [1.29, 1.82) is 0 Å². The fourth-order valence-corrected chi connectivity index (χ4v) is 5.82. The molecule has 0 unspecified atom stereocenters. The molecule has 0 N–H and O–H groups in total. The summed E-state index contributed by atoms with van der Waals surface area (Å²) in [5.41, 5.74) is 2.22. The number of ether oxygens (including phenoxy) is 1. The maximum Gasteiger partial charge on any atom is 0.199 e. The second-order valence-electron chi connectivity index (χ2n) is 9.69. The Morgan fingerprint density at radius 3 is 2.57 bits per heavy atom. The Labute approximate surface area is 213 Å². The Bertz CT molecular complexity index is 1170. The molecule has 0 spiro atoms. The maximum absolute atomic E-state index is 6.05. The van der Waals surface area contributed by atoms with Crippen LogP contribution in [0.25, 0.3) is 11.4 Å². The molecule has 5 rings (SSSR count). The Hall–Kier alpha value is -2.71. The summed E-state index contributed by atoms with van der Waals surface area (Å²) in [5.74, 6) is 2.51. The van der Waals surface area contributed by atoms with Gasteiger partial charge in [-0.05, 0) is 62.2 Å². The molecule has 1 saturated carbocycles. The molecule has 0 amide bonds. The first-order valence-corrected chi connectivity index (χ1v) is 13.4. The molecule has 7 nitrogen and oxygen atoms in total. The molecule has 2 atom stereocenters. The van der Waals surface area contributed by atoms with E-state index in [-0.39, 0.29) is 0 Å². The van der Waals surface area contributed by atoms with Crippen molar-refractivity contribution in [2.45, 2.75) is 52.2 Å². The highest BCUT2D eigenvalue weighted by Gasteiger charge is 2.28. The van der Waals surface area contributed by atoms with E-state index >= 15 is 0 Å². The van der Waals surface area contributed by atoms with Crippen LogP contribution in [-0.4, -0.2) is 57.0 Å². The average Bonchev–Trinajstić information content (AvgIpc) is 3.21. The minimum absolute atomic E-state index is 0.395. The molecular weight excluding hydrogens is 456 g/mol. The van der Waals surface area contributed by atoms with E-state index in [1.54, 1.807) is 0 Å². The molecule has 8 heteroatoms. The number of para-hydroxylation sites is 2. The summed E-state index contributed by atoms with van der Waals surface area (Å²) in [4.78, 5) is 9.22. The third-order valence-electron chi connectivity index (χ3n) is 7.40. The predicted octanol–water partition coefficient (Wildman–Crippen LogP) is 5.41. The van der Waals surface area contributed by atoms with Crippen LogP contribution in [0.2, 0.25) is 0 Å². The number of aromatic nitrogens is 4. The summed E-state index contributed by atoms with van der Waals surface area (Å²) < 4.78 is 11.0. The van der Waals surface area contributed by atoms with Gasteiger partial charge in [0.05, 0.1) is 19.0 Å². The lowest BCUT2D eigenvalue weighted by Crippen LogP contribution is -2.47. The summed E-state index contributed by atoms with van der Waals surface area (Å²) in [7, 11) is 0. The van der Waals surface area contributed by atoms with E-state index in [0.717, 1.165) is 54.5 Å². The number of pyridine rings is 1. The molecule has 2 aromatic heterocycles. The predicted molar refractivity (Wildman–Crippen MR) is 142 cm³/mol. The molecule has 0 bridgehead atoms. The highest BCUT2D eigenvalue weighted by atomic mass is 32.1. The van der Waals surface area contributed by atoms with Gasteiger partial charge in [-0.3, -0.25) is 14.5 Å². The molecule has 3 aromatic rings. The van der Waals surface area contributed by atoms with Crippen LogP contribution in [0.1, 0.15) is 45.6 Å². The van der Waals surface area contributed by atoms with Crippen LogP contribution in [0.15, 0.2) is 48.8 Å². The molecule has 3 heterocycles. The molecule has 186 valence electrons. The van der Waals surface area contributed by atoms with Crippen LogP contribution in [0.5, 0.6) is 5.75 Å². The minimum Gasteiger partial charge on any atom is -0.492 e. The fraction of sp³-hybridized carbons (Fsp3) is 0.519. The van der Waals surface area contributed by atoms with Gasteiger partial charge >= 0.3 is 0 Å². The molecule has 1 aliphatic heterocycles. The first-order chi connectivity index (χ1) is 17.2. The first kappa shape index (κ1) is 24.0. The van der Waals surface area contributed by atoms with Gasteiger partial charge in [0.1, 0.15) is 5.75 Å². The minimum atomic E-state index is 0.395. The van der Waals surface area contributed by atoms with Gasteiger partial charge in [-0.15, -0.1) is 0 Å². The number of piperazine rings is 1. The monoisotopic (exact) mass is 492 g/mol. The van der Waals surface area contributed by atoms with E-state index in [0.29, 0.717) is 25.2 Å². The van der Waals surface area contributed by atoms with E-state index in [1.165, 1.54) is 24.9 Å². The second-order valence-corrected chi connectivity index (χ2v) is 10.1. The SMILES string of the molecule is CCOc1ccccc1N1CCN(Cn2nc(-c3cccnc3)n([C@H]3CCCC[C@@H]3C)c2=S)CC1. The molecule has 35 heavy (non-hydrogen) atoms. The smallest absolute Gasteiger partial charge is 0.199 e. The number of hydrogen-bond acceptors (Lipinski definition) is 6. The Balaban J connectivity index is 1.35. The van der Waals surface area contributed by atoms with Crippen molar-refractivity contribution >= 4 is 17.9 Å². The average molecular weight is 493 g/mol. The zero-order valence-electron chi connectivity index (χ0n) is 20.8. The van der Waals surface area contributed by atoms with Gasteiger partial charge in [-0.1, -0.05) is 31.9 Å². The van der Waals surface area contributed by atoms with Crippen molar-refractivity contribution in [3.05, 3.63) is 53.6 Å². The molecule has 1 aromatic carbocycles. The maximum atomic E-state index is 6.05. The first-order valence-electron chi connectivity index (χ1n) is 12.9. The lowest BCUT2D eigenvalue weighted by Gasteiger charge is -2.36. The van der Waals surface area contributed by atoms with Crippen molar-refractivity contribution in [3.63, 3.8) is 0 Å². The van der Waals surface area contributed by atoms with E-state index in [2.05, 4.69) is 50.5 Å². The zero-order valence-corrected chi connectivity index (χ0v) is 21.7. The summed E-state index contributed by atoms with van der Waals surface area (Å²) in [6.45, 7) is 9.59. The number of benzene rings is 1. The summed E-state index contributed by atoms with van der Waals surface area (Å²) in [5, 5.41) is 5.06. The van der Waals surface area contributed by atoms with E-state index in [1.807, 2.05) is 36.1 Å². The van der Waals surface area contributed by atoms with Gasteiger partial charge in [0.15, 0.2) is 10.6 Å². The van der Waals surface area contributed by atoms with E-state index in [9.17, 15) is 0 Å². The van der Waals surface area contributed by atoms with Crippen LogP contribution in [0, 0.1) is 10.7 Å². The van der Waals surface area contributed by atoms with Gasteiger partial charge in [0.2, 0.25) is 0 Å². The number of hydrogen-bond donors (Lipinski definition) is 0. The summed E-state index contributed by atoms with van der Waals surface area (Å²) in [6.07, 6.45) is 8.67. The number of rotatable bonds is 7. The fourth-order valence-electron chi connectivity index (χ4n) is 5.50. The molecule has 2 aliphatic rings. The Morgan fingerprint density at radius 1 is 1.03 bits per heavy atom. The van der Waals surface area contributed by atoms with Crippen molar-refractivity contribution in [1.82, 2.24) is 24.2 Å². The van der Waals surface area contributed by atoms with Gasteiger partial charge in [-0.25, -0.2) is 4.68 Å². The second kappa shape index (κ2) is 10.9. The normalized spacial score (nSPS) is 21.3. The van der Waals surface area contributed by atoms with E-state index in [4.69, 9.17) is 22.1 Å². The largest absolute Gasteiger partial charge is 0.492 e. The van der Waals surface area contributed by atoms with Gasteiger partial charge in [0.25, 0.3) is 0 Å².